The summed E-state index contributed by atoms with van der Waals surface area (Å²) in [4.78, 5) is 2.68. The van der Waals surface area contributed by atoms with Gasteiger partial charge < -0.3 is 9.47 Å². The molecule has 0 aromatic rings. The summed E-state index contributed by atoms with van der Waals surface area (Å²) in [6, 6.07) is 0. The maximum absolute atomic E-state index is 6.13. The molecule has 2 unspecified atom stereocenters. The quantitative estimate of drug-likeness (QED) is 0.768. The Labute approximate surface area is 117 Å². The first-order valence-corrected chi connectivity index (χ1v) is 8.21. The Hall–Kier alpha value is -0.120. The number of hydrogen-bond acceptors (Lipinski definition) is 3. The summed E-state index contributed by atoms with van der Waals surface area (Å²) in [5.74, 6) is 1.84. The van der Waals surface area contributed by atoms with Crippen LogP contribution in [0.2, 0.25) is 0 Å². The third kappa shape index (κ3) is 3.32. The van der Waals surface area contributed by atoms with E-state index < -0.39 is 0 Å². The molecule has 0 bridgehead atoms. The van der Waals surface area contributed by atoms with Gasteiger partial charge in [0.1, 0.15) is 0 Å². The Morgan fingerprint density at radius 1 is 1.11 bits per heavy atom. The fourth-order valence-electron chi connectivity index (χ4n) is 4.12. The van der Waals surface area contributed by atoms with Crippen molar-refractivity contribution in [3.8, 4) is 0 Å². The van der Waals surface area contributed by atoms with Crippen LogP contribution in [-0.4, -0.2) is 50.0 Å². The molecule has 2 heterocycles. The van der Waals surface area contributed by atoms with Crippen molar-refractivity contribution >= 4 is 0 Å². The lowest BCUT2D eigenvalue weighted by atomic mass is 9.80. The van der Waals surface area contributed by atoms with Gasteiger partial charge >= 0.3 is 0 Å². The average molecular weight is 267 g/mol. The first-order chi connectivity index (χ1) is 9.27. The summed E-state index contributed by atoms with van der Waals surface area (Å²) < 4.78 is 11.6. The maximum Gasteiger partial charge on any atom is 0.0853 e. The molecule has 19 heavy (non-hydrogen) atoms. The van der Waals surface area contributed by atoms with Crippen LogP contribution >= 0.6 is 0 Å². The van der Waals surface area contributed by atoms with Gasteiger partial charge in [0.25, 0.3) is 0 Å². The van der Waals surface area contributed by atoms with Crippen LogP contribution in [0, 0.1) is 11.8 Å². The average Bonchev–Trinajstić information content (AvgIpc) is 2.42. The van der Waals surface area contributed by atoms with E-state index in [1.54, 1.807) is 0 Å². The normalized spacial score (nSPS) is 36.5. The smallest absolute Gasteiger partial charge is 0.0853 e. The van der Waals surface area contributed by atoms with Crippen LogP contribution < -0.4 is 0 Å². The van der Waals surface area contributed by atoms with E-state index in [0.29, 0.717) is 0 Å². The zero-order chi connectivity index (χ0) is 13.1. The molecule has 3 heteroatoms. The number of morpholine rings is 1. The van der Waals surface area contributed by atoms with E-state index in [9.17, 15) is 0 Å². The van der Waals surface area contributed by atoms with Gasteiger partial charge in [0.05, 0.1) is 12.2 Å². The van der Waals surface area contributed by atoms with Gasteiger partial charge in [-0.3, -0.25) is 4.90 Å². The Kier molecular flexibility index (Phi) is 4.45. The monoisotopic (exact) mass is 267 g/mol. The van der Waals surface area contributed by atoms with Crippen molar-refractivity contribution in [3.63, 3.8) is 0 Å². The van der Waals surface area contributed by atoms with E-state index in [0.717, 1.165) is 57.6 Å². The van der Waals surface area contributed by atoms with Gasteiger partial charge in [-0.2, -0.15) is 0 Å². The van der Waals surface area contributed by atoms with Gasteiger partial charge in [-0.1, -0.05) is 26.2 Å². The number of hydrogen-bond donors (Lipinski definition) is 0. The van der Waals surface area contributed by atoms with Gasteiger partial charge in [0.2, 0.25) is 0 Å². The molecule has 3 rings (SSSR count). The lowest BCUT2D eigenvalue weighted by Gasteiger charge is -2.46. The van der Waals surface area contributed by atoms with Crippen LogP contribution in [0.4, 0.5) is 0 Å². The molecule has 1 saturated carbocycles. The van der Waals surface area contributed by atoms with E-state index in [1.807, 2.05) is 0 Å². The van der Waals surface area contributed by atoms with E-state index in [4.69, 9.17) is 9.47 Å². The molecular formula is C16H29NO2. The highest BCUT2D eigenvalue weighted by atomic mass is 16.5. The van der Waals surface area contributed by atoms with E-state index in [-0.39, 0.29) is 5.60 Å². The van der Waals surface area contributed by atoms with Crippen molar-refractivity contribution in [2.45, 2.75) is 51.0 Å². The van der Waals surface area contributed by atoms with Gasteiger partial charge in [-0.15, -0.1) is 0 Å². The molecule has 0 N–H and O–H groups in total. The van der Waals surface area contributed by atoms with Gasteiger partial charge in [0, 0.05) is 45.7 Å². The molecule has 2 saturated heterocycles. The predicted octanol–water partition coefficient (Wildman–Crippen LogP) is 2.69. The van der Waals surface area contributed by atoms with Gasteiger partial charge in [0.15, 0.2) is 0 Å². The minimum Gasteiger partial charge on any atom is -0.381 e. The Balaban J connectivity index is 1.55. The van der Waals surface area contributed by atoms with Crippen molar-refractivity contribution in [1.82, 2.24) is 4.90 Å². The van der Waals surface area contributed by atoms with Crippen molar-refractivity contribution in [1.29, 1.82) is 0 Å². The van der Waals surface area contributed by atoms with Gasteiger partial charge in [-0.25, -0.2) is 0 Å². The second-order valence-corrected chi connectivity index (χ2v) is 6.90. The fourth-order valence-corrected chi connectivity index (χ4v) is 4.12. The molecule has 0 radical (unpaired) electrons. The fraction of sp³-hybridized carbons (Fsp3) is 1.00. The second-order valence-electron chi connectivity index (χ2n) is 6.90. The highest BCUT2D eigenvalue weighted by Crippen LogP contribution is 2.33. The van der Waals surface area contributed by atoms with Crippen LogP contribution in [0.5, 0.6) is 0 Å². The number of nitrogens with zero attached hydrogens (tertiary/aromatic N) is 1. The van der Waals surface area contributed by atoms with Crippen molar-refractivity contribution in [3.05, 3.63) is 0 Å². The van der Waals surface area contributed by atoms with E-state index >= 15 is 0 Å². The first kappa shape index (κ1) is 13.8. The largest absolute Gasteiger partial charge is 0.381 e. The number of ether oxygens (including phenoxy) is 2. The summed E-state index contributed by atoms with van der Waals surface area (Å²) in [5.41, 5.74) is 0.119. The second kappa shape index (κ2) is 6.11. The third-order valence-corrected chi connectivity index (χ3v) is 5.51. The first-order valence-electron chi connectivity index (χ1n) is 8.21. The van der Waals surface area contributed by atoms with Crippen molar-refractivity contribution < 1.29 is 9.47 Å². The molecule has 0 aromatic carbocycles. The summed E-state index contributed by atoms with van der Waals surface area (Å²) in [6.07, 6.45) is 7.94. The Bertz CT molecular complexity index is 283. The summed E-state index contributed by atoms with van der Waals surface area (Å²) in [7, 11) is 0. The van der Waals surface area contributed by atoms with Crippen LogP contribution in [0.15, 0.2) is 0 Å². The summed E-state index contributed by atoms with van der Waals surface area (Å²) >= 11 is 0. The van der Waals surface area contributed by atoms with Crippen LogP contribution in [-0.2, 0) is 9.47 Å². The Morgan fingerprint density at radius 3 is 2.68 bits per heavy atom. The predicted molar refractivity (Wildman–Crippen MR) is 76.3 cm³/mol. The summed E-state index contributed by atoms with van der Waals surface area (Å²) in [6.45, 7) is 8.70. The lowest BCUT2D eigenvalue weighted by molar-refractivity contribution is -0.156. The van der Waals surface area contributed by atoms with E-state index in [2.05, 4.69) is 11.8 Å². The van der Waals surface area contributed by atoms with Crippen LogP contribution in [0.1, 0.15) is 45.4 Å². The zero-order valence-corrected chi connectivity index (χ0v) is 12.4. The molecule has 3 fully saturated rings. The van der Waals surface area contributed by atoms with Crippen molar-refractivity contribution in [2.75, 3.05) is 39.5 Å². The van der Waals surface area contributed by atoms with Crippen molar-refractivity contribution in [2.24, 2.45) is 11.8 Å². The minimum absolute atomic E-state index is 0.119. The lowest BCUT2D eigenvalue weighted by Crippen LogP contribution is -2.55. The molecule has 110 valence electrons. The molecule has 0 aromatic heterocycles. The van der Waals surface area contributed by atoms with Gasteiger partial charge in [-0.05, 0) is 18.3 Å². The molecule has 3 nitrogen and oxygen atoms in total. The number of rotatable bonds is 2. The van der Waals surface area contributed by atoms with E-state index in [1.165, 1.54) is 32.2 Å². The molecule has 2 atom stereocenters. The topological polar surface area (TPSA) is 21.7 Å². The highest BCUT2D eigenvalue weighted by Gasteiger charge is 2.39. The molecule has 1 spiro atoms. The maximum atomic E-state index is 6.13. The molecule has 1 aliphatic carbocycles. The minimum atomic E-state index is 0.119. The van der Waals surface area contributed by atoms with Crippen LogP contribution in [0.3, 0.4) is 0 Å². The Morgan fingerprint density at radius 2 is 1.89 bits per heavy atom. The standard InChI is InChI=1S/C16H29NO2/c1-14-4-2-3-5-15(14)12-17-8-11-19-16(13-17)6-9-18-10-7-16/h14-15H,2-13H2,1H3. The third-order valence-electron chi connectivity index (χ3n) is 5.51. The molecule has 2 aliphatic heterocycles. The SMILES string of the molecule is CC1CCCCC1CN1CCOC2(CCOCC2)C1. The summed E-state index contributed by atoms with van der Waals surface area (Å²) in [5, 5.41) is 0. The highest BCUT2D eigenvalue weighted by molar-refractivity contribution is 4.90. The molecule has 3 aliphatic rings. The molecule has 0 amide bonds. The van der Waals surface area contributed by atoms with Crippen LogP contribution in [0.25, 0.3) is 0 Å². The zero-order valence-electron chi connectivity index (χ0n) is 12.4. The molecular weight excluding hydrogens is 238 g/mol.